The fourth-order valence-electron chi connectivity index (χ4n) is 4.83. The first-order valence-corrected chi connectivity index (χ1v) is 10.8. The van der Waals surface area contributed by atoms with Crippen LogP contribution in [0.25, 0.3) is 0 Å². The van der Waals surface area contributed by atoms with Crippen molar-refractivity contribution in [3.63, 3.8) is 0 Å². The Morgan fingerprint density at radius 1 is 1.17 bits per heavy atom. The van der Waals surface area contributed by atoms with Crippen LogP contribution >= 0.6 is 0 Å². The number of hydrogen-bond donors (Lipinski definition) is 2. The number of carboxylic acid groups (broad SMARTS) is 1. The van der Waals surface area contributed by atoms with E-state index in [2.05, 4.69) is 6.58 Å². The molecule has 4 atom stereocenters. The van der Waals surface area contributed by atoms with Gasteiger partial charge in [0.25, 0.3) is 0 Å². The summed E-state index contributed by atoms with van der Waals surface area (Å²) in [4.78, 5) is 60.2. The third-order valence-electron chi connectivity index (χ3n) is 6.36. The van der Waals surface area contributed by atoms with Crippen molar-refractivity contribution in [1.82, 2.24) is 0 Å². The molecule has 0 amide bonds. The van der Waals surface area contributed by atoms with Gasteiger partial charge in [-0.2, -0.15) is 0 Å². The number of esters is 3. The molecule has 0 saturated carbocycles. The molecule has 1 saturated heterocycles. The molecule has 10 heteroatoms. The van der Waals surface area contributed by atoms with Gasteiger partial charge in [-0.05, 0) is 36.3 Å². The zero-order chi connectivity index (χ0) is 25.4. The van der Waals surface area contributed by atoms with Crippen LogP contribution in [0, 0.1) is 11.8 Å². The molecule has 1 aromatic carbocycles. The van der Waals surface area contributed by atoms with Gasteiger partial charge in [0.05, 0.1) is 18.3 Å². The minimum atomic E-state index is -1.78. The van der Waals surface area contributed by atoms with Crippen LogP contribution in [0.2, 0.25) is 0 Å². The molecule has 2 aliphatic carbocycles. The zero-order valence-electron chi connectivity index (χ0n) is 18.7. The van der Waals surface area contributed by atoms with Gasteiger partial charge < -0.3 is 24.4 Å². The maximum Gasteiger partial charge on any atom is 0.417 e. The Morgan fingerprint density at radius 2 is 1.86 bits per heavy atom. The van der Waals surface area contributed by atoms with E-state index in [0.717, 1.165) is 0 Å². The topological polar surface area (TPSA) is 154 Å². The van der Waals surface area contributed by atoms with Crippen LogP contribution in [0.4, 0.5) is 0 Å². The number of carboxylic acids is 1. The Labute approximate surface area is 199 Å². The van der Waals surface area contributed by atoms with Gasteiger partial charge in [-0.15, -0.1) is 0 Å². The highest BCUT2D eigenvalue weighted by molar-refractivity contribution is 6.28. The SMILES string of the molecule is C=C1C(=O)OC2C3C(COC(=O)C(=O)O)=CC(=O)C3=C(C)CC(OC(=O)Cc3ccc(O)cc3)C12. The second-order valence-electron chi connectivity index (χ2n) is 8.63. The summed E-state index contributed by atoms with van der Waals surface area (Å²) in [5.41, 5.74) is 1.93. The summed E-state index contributed by atoms with van der Waals surface area (Å²) in [6.07, 6.45) is -0.482. The monoisotopic (exact) mass is 482 g/mol. The molecule has 1 heterocycles. The van der Waals surface area contributed by atoms with E-state index in [1.54, 1.807) is 19.1 Å². The maximum absolute atomic E-state index is 12.8. The summed E-state index contributed by atoms with van der Waals surface area (Å²) in [5, 5.41) is 18.2. The molecule has 2 N–H and O–H groups in total. The first-order valence-electron chi connectivity index (χ1n) is 10.8. The zero-order valence-corrected chi connectivity index (χ0v) is 18.7. The highest BCUT2D eigenvalue weighted by atomic mass is 16.6. The van der Waals surface area contributed by atoms with Gasteiger partial charge in [0, 0.05) is 17.6 Å². The number of benzene rings is 1. The van der Waals surface area contributed by atoms with E-state index in [4.69, 9.17) is 19.3 Å². The van der Waals surface area contributed by atoms with Crippen LogP contribution in [0.1, 0.15) is 18.9 Å². The van der Waals surface area contributed by atoms with Crippen molar-refractivity contribution in [2.24, 2.45) is 11.8 Å². The average Bonchev–Trinajstić information content (AvgIpc) is 3.24. The maximum atomic E-state index is 12.8. The number of aliphatic carboxylic acids is 1. The molecule has 0 spiro atoms. The number of ether oxygens (including phenoxy) is 3. The normalized spacial score (nSPS) is 25.3. The molecule has 0 bridgehead atoms. The number of allylic oxidation sites excluding steroid dienone is 1. The molecular weight excluding hydrogens is 460 g/mol. The van der Waals surface area contributed by atoms with E-state index in [0.29, 0.717) is 16.7 Å². The fourth-order valence-corrected chi connectivity index (χ4v) is 4.83. The predicted molar refractivity (Wildman–Crippen MR) is 117 cm³/mol. The number of ketones is 1. The highest BCUT2D eigenvalue weighted by Crippen LogP contribution is 2.48. The molecule has 4 unspecified atom stereocenters. The van der Waals surface area contributed by atoms with Gasteiger partial charge in [-0.25, -0.2) is 14.4 Å². The van der Waals surface area contributed by atoms with Crippen molar-refractivity contribution in [2.45, 2.75) is 32.0 Å². The lowest BCUT2D eigenvalue weighted by Crippen LogP contribution is -2.37. The van der Waals surface area contributed by atoms with Crippen LogP contribution in [0.3, 0.4) is 0 Å². The molecule has 35 heavy (non-hydrogen) atoms. The minimum absolute atomic E-state index is 0.0583. The Balaban J connectivity index is 1.60. The number of rotatable bonds is 5. The van der Waals surface area contributed by atoms with E-state index in [-0.39, 0.29) is 35.5 Å². The molecule has 0 radical (unpaired) electrons. The van der Waals surface area contributed by atoms with Crippen molar-refractivity contribution in [1.29, 1.82) is 0 Å². The summed E-state index contributed by atoms with van der Waals surface area (Å²) < 4.78 is 16.1. The lowest BCUT2D eigenvalue weighted by atomic mass is 9.82. The number of phenols is 1. The summed E-state index contributed by atoms with van der Waals surface area (Å²) in [5.74, 6) is -6.41. The van der Waals surface area contributed by atoms with Crippen LogP contribution in [0.15, 0.2) is 59.2 Å². The number of fused-ring (bicyclic) bond motifs is 3. The predicted octanol–water partition coefficient (Wildman–Crippen LogP) is 1.42. The Kier molecular flexibility index (Phi) is 6.29. The van der Waals surface area contributed by atoms with E-state index in [1.165, 1.54) is 18.2 Å². The molecule has 1 fully saturated rings. The van der Waals surface area contributed by atoms with Crippen molar-refractivity contribution >= 4 is 29.7 Å². The van der Waals surface area contributed by atoms with Crippen molar-refractivity contribution in [3.8, 4) is 5.75 Å². The fraction of sp³-hybridized carbons (Fsp3) is 0.320. The van der Waals surface area contributed by atoms with Crippen LogP contribution < -0.4 is 0 Å². The van der Waals surface area contributed by atoms with Crippen molar-refractivity contribution < 1.29 is 48.4 Å². The van der Waals surface area contributed by atoms with Crippen LogP contribution in [0.5, 0.6) is 5.75 Å². The Morgan fingerprint density at radius 3 is 2.51 bits per heavy atom. The van der Waals surface area contributed by atoms with E-state index < -0.39 is 54.5 Å². The van der Waals surface area contributed by atoms with Gasteiger partial charge >= 0.3 is 23.9 Å². The first kappa shape index (κ1) is 23.9. The molecule has 1 aliphatic heterocycles. The lowest BCUT2D eigenvalue weighted by Gasteiger charge is -2.28. The number of hydrogen-bond acceptors (Lipinski definition) is 9. The Bertz CT molecular complexity index is 1200. The molecule has 10 nitrogen and oxygen atoms in total. The van der Waals surface area contributed by atoms with Gasteiger partial charge in [0.2, 0.25) is 0 Å². The summed E-state index contributed by atoms with van der Waals surface area (Å²) >= 11 is 0. The number of aromatic hydroxyl groups is 1. The van der Waals surface area contributed by atoms with Gasteiger partial charge in [-0.1, -0.05) is 24.3 Å². The quantitative estimate of drug-likeness (QED) is 0.273. The highest BCUT2D eigenvalue weighted by Gasteiger charge is 2.54. The van der Waals surface area contributed by atoms with Gasteiger partial charge in [0.1, 0.15) is 24.6 Å². The second kappa shape index (κ2) is 9.21. The minimum Gasteiger partial charge on any atom is -0.508 e. The van der Waals surface area contributed by atoms with Gasteiger partial charge in [0.15, 0.2) is 5.78 Å². The van der Waals surface area contributed by atoms with Crippen LogP contribution in [-0.4, -0.2) is 58.7 Å². The smallest absolute Gasteiger partial charge is 0.417 e. The average molecular weight is 482 g/mol. The molecular formula is C25H22O10. The van der Waals surface area contributed by atoms with E-state index in [9.17, 15) is 29.1 Å². The molecule has 3 aliphatic rings. The summed E-state index contributed by atoms with van der Waals surface area (Å²) in [7, 11) is 0. The van der Waals surface area contributed by atoms with Crippen molar-refractivity contribution in [3.05, 3.63) is 64.8 Å². The van der Waals surface area contributed by atoms with Gasteiger partial charge in [-0.3, -0.25) is 9.59 Å². The third-order valence-corrected chi connectivity index (χ3v) is 6.36. The molecule has 0 aromatic heterocycles. The lowest BCUT2D eigenvalue weighted by molar-refractivity contribution is -0.163. The third kappa shape index (κ3) is 4.59. The number of phenolic OH excluding ortho intramolecular Hbond substituents is 1. The number of carbonyl (C=O) groups excluding carboxylic acids is 4. The molecule has 1 aromatic rings. The molecule has 182 valence electrons. The van der Waals surface area contributed by atoms with E-state index >= 15 is 0 Å². The second-order valence-corrected chi connectivity index (χ2v) is 8.63. The summed E-state index contributed by atoms with van der Waals surface area (Å²) in [6.45, 7) is 5.04. The van der Waals surface area contributed by atoms with E-state index in [1.807, 2.05) is 0 Å². The van der Waals surface area contributed by atoms with Crippen molar-refractivity contribution in [2.75, 3.05) is 6.61 Å². The first-order chi connectivity index (χ1) is 16.6. The largest absolute Gasteiger partial charge is 0.508 e. The summed E-state index contributed by atoms with van der Waals surface area (Å²) in [6, 6.07) is 6.06. The Hall–Kier alpha value is -4.21. The number of carbonyl (C=O) groups is 5. The van der Waals surface area contributed by atoms with Crippen LogP contribution in [-0.2, 0) is 44.6 Å². The standard InChI is InChI=1S/C25H22O10/c1-11-7-17(34-18(28)8-13-3-5-15(26)6-4-13)20-12(2)24(31)35-22(20)21-14(9-16(27)19(11)21)10-33-25(32)23(29)30/h3-6,9,17,20-22,26H,2,7-8,10H2,1H3,(H,29,30). The molecule has 4 rings (SSSR count).